The van der Waals surface area contributed by atoms with E-state index in [1.165, 1.54) is 0 Å². The Kier molecular flexibility index (Phi) is 4.07. The summed E-state index contributed by atoms with van der Waals surface area (Å²) in [7, 11) is 0. The third kappa shape index (κ3) is 3.15. The number of rotatable bonds is 3. The molecule has 0 saturated carbocycles. The number of furan rings is 1. The SMILES string of the molecule is C/C(=N/NC(=O)c1cc(C)oc1C)c1ccc2c(c1)NC(=O)CO2. The van der Waals surface area contributed by atoms with Crippen LogP contribution in [0.4, 0.5) is 5.69 Å². The summed E-state index contributed by atoms with van der Waals surface area (Å²) in [5.41, 5.74) is 4.92. The van der Waals surface area contributed by atoms with Crippen molar-refractivity contribution in [1.82, 2.24) is 5.43 Å². The highest BCUT2D eigenvalue weighted by atomic mass is 16.5. The summed E-state index contributed by atoms with van der Waals surface area (Å²) >= 11 is 0. The molecule has 0 aliphatic carbocycles. The molecule has 0 spiro atoms. The van der Waals surface area contributed by atoms with E-state index in [1.54, 1.807) is 39.0 Å². The Hall–Kier alpha value is -3.09. The van der Waals surface area contributed by atoms with Crippen molar-refractivity contribution in [1.29, 1.82) is 0 Å². The zero-order chi connectivity index (χ0) is 17.3. The number of ether oxygens (including phenoxy) is 1. The molecule has 0 unspecified atom stereocenters. The molecule has 124 valence electrons. The number of anilines is 1. The minimum atomic E-state index is -0.335. The highest BCUT2D eigenvalue weighted by molar-refractivity contribution is 6.03. The van der Waals surface area contributed by atoms with Gasteiger partial charge in [0.15, 0.2) is 6.61 Å². The molecule has 0 saturated heterocycles. The largest absolute Gasteiger partial charge is 0.482 e. The zero-order valence-electron chi connectivity index (χ0n) is 13.6. The minimum Gasteiger partial charge on any atom is -0.482 e. The number of hydrogen-bond donors (Lipinski definition) is 2. The Morgan fingerprint density at radius 1 is 1.29 bits per heavy atom. The second kappa shape index (κ2) is 6.19. The maximum Gasteiger partial charge on any atom is 0.274 e. The first-order valence-corrected chi connectivity index (χ1v) is 7.43. The number of hydrogen-bond acceptors (Lipinski definition) is 5. The maximum atomic E-state index is 12.1. The van der Waals surface area contributed by atoms with Gasteiger partial charge in [-0.15, -0.1) is 0 Å². The van der Waals surface area contributed by atoms with Gasteiger partial charge >= 0.3 is 0 Å². The molecule has 0 fully saturated rings. The van der Waals surface area contributed by atoms with Gasteiger partial charge in [0.2, 0.25) is 0 Å². The van der Waals surface area contributed by atoms with Gasteiger partial charge in [0.25, 0.3) is 11.8 Å². The van der Waals surface area contributed by atoms with Gasteiger partial charge in [-0.1, -0.05) is 0 Å². The van der Waals surface area contributed by atoms with E-state index < -0.39 is 0 Å². The summed E-state index contributed by atoms with van der Waals surface area (Å²) in [6.07, 6.45) is 0. The van der Waals surface area contributed by atoms with E-state index >= 15 is 0 Å². The highest BCUT2D eigenvalue weighted by Gasteiger charge is 2.17. The summed E-state index contributed by atoms with van der Waals surface area (Å²) in [5.74, 6) is 1.29. The number of carbonyl (C=O) groups excluding carboxylic acids is 2. The number of carbonyl (C=O) groups is 2. The van der Waals surface area contributed by atoms with E-state index in [0.29, 0.717) is 34.2 Å². The monoisotopic (exact) mass is 327 g/mol. The number of nitrogens with zero attached hydrogens (tertiary/aromatic N) is 1. The Bertz CT molecular complexity index is 852. The van der Waals surface area contributed by atoms with Crippen LogP contribution in [0.3, 0.4) is 0 Å². The molecule has 1 aromatic carbocycles. The number of hydrazone groups is 1. The van der Waals surface area contributed by atoms with Crippen molar-refractivity contribution in [3.05, 3.63) is 46.9 Å². The van der Waals surface area contributed by atoms with Gasteiger partial charge in [0.1, 0.15) is 17.3 Å². The van der Waals surface area contributed by atoms with Crippen LogP contribution in [-0.4, -0.2) is 24.1 Å². The predicted molar refractivity (Wildman–Crippen MR) is 88.4 cm³/mol. The number of aryl methyl sites for hydroxylation is 2. The van der Waals surface area contributed by atoms with Crippen molar-refractivity contribution in [3.8, 4) is 5.75 Å². The smallest absolute Gasteiger partial charge is 0.274 e. The first-order chi connectivity index (χ1) is 11.4. The molecule has 24 heavy (non-hydrogen) atoms. The van der Waals surface area contributed by atoms with Gasteiger partial charge in [-0.2, -0.15) is 5.10 Å². The van der Waals surface area contributed by atoms with Crippen LogP contribution in [0.25, 0.3) is 0 Å². The standard InChI is InChI=1S/C17H17N3O4/c1-9-6-13(11(3)24-9)17(22)20-19-10(2)12-4-5-15-14(7-12)18-16(21)8-23-15/h4-7H,8H2,1-3H3,(H,18,21)(H,20,22)/b19-10-. The van der Waals surface area contributed by atoms with Crippen molar-refractivity contribution in [2.24, 2.45) is 5.10 Å². The third-order valence-electron chi connectivity index (χ3n) is 3.64. The van der Waals surface area contributed by atoms with Crippen molar-refractivity contribution in [2.45, 2.75) is 20.8 Å². The number of fused-ring (bicyclic) bond motifs is 1. The average molecular weight is 327 g/mol. The van der Waals surface area contributed by atoms with Gasteiger partial charge < -0.3 is 14.5 Å². The molecule has 0 radical (unpaired) electrons. The molecule has 1 aliphatic rings. The van der Waals surface area contributed by atoms with E-state index in [4.69, 9.17) is 9.15 Å². The summed E-state index contributed by atoms with van der Waals surface area (Å²) in [6.45, 7) is 5.28. The highest BCUT2D eigenvalue weighted by Crippen LogP contribution is 2.28. The number of amides is 2. The van der Waals surface area contributed by atoms with Crippen LogP contribution in [0.5, 0.6) is 5.75 Å². The van der Waals surface area contributed by atoms with Crippen LogP contribution in [0, 0.1) is 13.8 Å². The fraction of sp³-hybridized carbons (Fsp3) is 0.235. The molecule has 1 aromatic heterocycles. The lowest BCUT2D eigenvalue weighted by Gasteiger charge is -2.18. The normalized spacial score (nSPS) is 13.8. The Morgan fingerprint density at radius 2 is 2.08 bits per heavy atom. The van der Waals surface area contributed by atoms with Crippen molar-refractivity contribution in [3.63, 3.8) is 0 Å². The van der Waals surface area contributed by atoms with E-state index in [-0.39, 0.29) is 18.4 Å². The van der Waals surface area contributed by atoms with E-state index in [1.807, 2.05) is 6.07 Å². The average Bonchev–Trinajstić information content (AvgIpc) is 2.90. The zero-order valence-corrected chi connectivity index (χ0v) is 13.6. The first kappa shape index (κ1) is 15.8. The topological polar surface area (TPSA) is 92.9 Å². The second-order valence-electron chi connectivity index (χ2n) is 5.51. The summed E-state index contributed by atoms with van der Waals surface area (Å²) < 4.78 is 10.6. The lowest BCUT2D eigenvalue weighted by molar-refractivity contribution is -0.118. The molecule has 2 amide bonds. The quantitative estimate of drug-likeness (QED) is 0.668. The number of nitrogens with one attached hydrogen (secondary N) is 2. The second-order valence-corrected chi connectivity index (χ2v) is 5.51. The fourth-order valence-corrected chi connectivity index (χ4v) is 2.42. The molecule has 2 N–H and O–H groups in total. The summed E-state index contributed by atoms with van der Waals surface area (Å²) in [6, 6.07) is 7.00. The molecule has 7 heteroatoms. The molecule has 1 aliphatic heterocycles. The van der Waals surface area contributed by atoms with Crippen LogP contribution in [0.1, 0.15) is 34.4 Å². The van der Waals surface area contributed by atoms with Gasteiger partial charge in [-0.05, 0) is 50.6 Å². The molecule has 0 atom stereocenters. The minimum absolute atomic E-state index is 0.0128. The molecule has 3 rings (SSSR count). The van der Waals surface area contributed by atoms with E-state index in [2.05, 4.69) is 15.8 Å². The Labute approximate surface area is 138 Å². The summed E-state index contributed by atoms with van der Waals surface area (Å²) in [5, 5.41) is 6.85. The molecule has 0 bridgehead atoms. The van der Waals surface area contributed by atoms with Gasteiger partial charge in [-0.3, -0.25) is 9.59 Å². The van der Waals surface area contributed by atoms with Crippen LogP contribution < -0.4 is 15.5 Å². The molecule has 2 heterocycles. The van der Waals surface area contributed by atoms with Crippen LogP contribution in [-0.2, 0) is 4.79 Å². The molecular formula is C17H17N3O4. The van der Waals surface area contributed by atoms with Crippen LogP contribution >= 0.6 is 0 Å². The van der Waals surface area contributed by atoms with Gasteiger partial charge in [0, 0.05) is 0 Å². The third-order valence-corrected chi connectivity index (χ3v) is 3.64. The molecular weight excluding hydrogens is 310 g/mol. The molecule has 2 aromatic rings. The fourth-order valence-electron chi connectivity index (χ4n) is 2.42. The maximum absolute atomic E-state index is 12.1. The van der Waals surface area contributed by atoms with E-state index in [0.717, 1.165) is 5.56 Å². The van der Waals surface area contributed by atoms with Crippen molar-refractivity contribution < 1.29 is 18.7 Å². The first-order valence-electron chi connectivity index (χ1n) is 7.43. The van der Waals surface area contributed by atoms with Crippen LogP contribution in [0.15, 0.2) is 33.8 Å². The number of benzene rings is 1. The Balaban J connectivity index is 1.76. The van der Waals surface area contributed by atoms with Crippen molar-refractivity contribution in [2.75, 3.05) is 11.9 Å². The van der Waals surface area contributed by atoms with Crippen molar-refractivity contribution >= 4 is 23.2 Å². The van der Waals surface area contributed by atoms with Gasteiger partial charge in [0.05, 0.1) is 17.0 Å². The lowest BCUT2D eigenvalue weighted by Crippen LogP contribution is -2.25. The Morgan fingerprint density at radius 3 is 2.79 bits per heavy atom. The van der Waals surface area contributed by atoms with Gasteiger partial charge in [-0.25, -0.2) is 5.43 Å². The lowest BCUT2D eigenvalue weighted by atomic mass is 10.1. The van der Waals surface area contributed by atoms with Crippen LogP contribution in [0.2, 0.25) is 0 Å². The summed E-state index contributed by atoms with van der Waals surface area (Å²) in [4.78, 5) is 23.5. The predicted octanol–water partition coefficient (Wildman–Crippen LogP) is 2.38. The molecule has 7 nitrogen and oxygen atoms in total. The van der Waals surface area contributed by atoms with E-state index in [9.17, 15) is 9.59 Å².